The van der Waals surface area contributed by atoms with Gasteiger partial charge in [-0.15, -0.1) is 12.4 Å². The van der Waals surface area contributed by atoms with E-state index in [0.29, 0.717) is 30.4 Å². The monoisotopic (exact) mass is 328 g/mol. The maximum Gasteiger partial charge on any atom is 0.227 e. The molecule has 1 aromatic carbocycles. The van der Waals surface area contributed by atoms with Gasteiger partial charge in [-0.25, -0.2) is 0 Å². The van der Waals surface area contributed by atoms with Crippen molar-refractivity contribution in [2.24, 2.45) is 11.7 Å². The van der Waals surface area contributed by atoms with Crippen molar-refractivity contribution in [2.45, 2.75) is 25.8 Å². The van der Waals surface area contributed by atoms with E-state index in [4.69, 9.17) is 15.2 Å². The van der Waals surface area contributed by atoms with Crippen LogP contribution in [0.4, 0.5) is 0 Å². The van der Waals surface area contributed by atoms with Crippen molar-refractivity contribution in [3.63, 3.8) is 0 Å². The molecule has 0 spiro atoms. The van der Waals surface area contributed by atoms with Crippen LogP contribution in [0, 0.1) is 5.92 Å². The number of methoxy groups -OCH3 is 2. The fraction of sp³-hybridized carbons (Fsp3) is 0.562. The quantitative estimate of drug-likeness (QED) is 0.896. The average molecular weight is 329 g/mol. The Morgan fingerprint density at radius 2 is 2.00 bits per heavy atom. The highest BCUT2D eigenvalue weighted by atomic mass is 35.5. The molecule has 1 aromatic rings. The normalized spacial score (nSPS) is 20.5. The van der Waals surface area contributed by atoms with E-state index in [-0.39, 0.29) is 24.4 Å². The van der Waals surface area contributed by atoms with Gasteiger partial charge in [0.15, 0.2) is 11.5 Å². The first kappa shape index (κ1) is 18.6. The number of amides is 1. The maximum absolute atomic E-state index is 12.5. The molecular weight excluding hydrogens is 304 g/mol. The third kappa shape index (κ3) is 4.05. The van der Waals surface area contributed by atoms with Crippen molar-refractivity contribution >= 4 is 18.3 Å². The number of carbonyl (C=O) groups excluding carboxylic acids is 1. The first-order chi connectivity index (χ1) is 10.1. The van der Waals surface area contributed by atoms with Gasteiger partial charge in [0.1, 0.15) is 0 Å². The van der Waals surface area contributed by atoms with Crippen LogP contribution in [-0.2, 0) is 11.2 Å². The standard InChI is InChI=1S/C16H24N2O3.ClH/c1-11-6-13(9-17)10-18(11)16(19)8-12-4-5-14(20-2)15(7-12)21-3;/h4-5,7,11,13H,6,8-10,17H2,1-3H3;1H. The lowest BCUT2D eigenvalue weighted by Crippen LogP contribution is -2.35. The zero-order valence-corrected chi connectivity index (χ0v) is 14.2. The molecule has 2 rings (SSSR count). The lowest BCUT2D eigenvalue weighted by Gasteiger charge is -2.21. The van der Waals surface area contributed by atoms with Gasteiger partial charge in [0, 0.05) is 12.6 Å². The van der Waals surface area contributed by atoms with Crippen LogP contribution in [0.2, 0.25) is 0 Å². The fourth-order valence-electron chi connectivity index (χ4n) is 2.93. The fourth-order valence-corrected chi connectivity index (χ4v) is 2.93. The molecular formula is C16H25ClN2O3. The molecule has 6 heteroatoms. The van der Waals surface area contributed by atoms with Gasteiger partial charge in [0.25, 0.3) is 0 Å². The van der Waals surface area contributed by atoms with Gasteiger partial charge in [0.05, 0.1) is 20.6 Å². The number of benzene rings is 1. The zero-order chi connectivity index (χ0) is 15.4. The predicted octanol–water partition coefficient (Wildman–Crippen LogP) is 1.86. The number of hydrogen-bond donors (Lipinski definition) is 1. The number of ether oxygens (including phenoxy) is 2. The summed E-state index contributed by atoms with van der Waals surface area (Å²) in [7, 11) is 3.19. The van der Waals surface area contributed by atoms with Crippen molar-refractivity contribution in [3.05, 3.63) is 23.8 Å². The molecule has 0 aromatic heterocycles. The second kappa shape index (κ2) is 8.25. The molecule has 1 heterocycles. The summed E-state index contributed by atoms with van der Waals surface area (Å²) in [6, 6.07) is 5.86. The molecule has 124 valence electrons. The van der Waals surface area contributed by atoms with Crippen molar-refractivity contribution in [2.75, 3.05) is 27.3 Å². The summed E-state index contributed by atoms with van der Waals surface area (Å²) < 4.78 is 10.5. The molecule has 1 amide bonds. The number of hydrogen-bond acceptors (Lipinski definition) is 4. The van der Waals surface area contributed by atoms with E-state index >= 15 is 0 Å². The Labute approximate surface area is 138 Å². The third-order valence-corrected chi connectivity index (χ3v) is 4.12. The number of carbonyl (C=O) groups is 1. The van der Waals surface area contributed by atoms with Crippen LogP contribution < -0.4 is 15.2 Å². The Bertz CT molecular complexity index is 510. The van der Waals surface area contributed by atoms with E-state index in [1.54, 1.807) is 14.2 Å². The van der Waals surface area contributed by atoms with Gasteiger partial charge in [-0.1, -0.05) is 6.07 Å². The van der Waals surface area contributed by atoms with Crippen molar-refractivity contribution < 1.29 is 14.3 Å². The first-order valence-corrected chi connectivity index (χ1v) is 7.29. The highest BCUT2D eigenvalue weighted by molar-refractivity contribution is 5.85. The number of rotatable bonds is 5. The van der Waals surface area contributed by atoms with Gasteiger partial charge < -0.3 is 20.1 Å². The van der Waals surface area contributed by atoms with Crippen LogP contribution in [0.5, 0.6) is 11.5 Å². The van der Waals surface area contributed by atoms with Gasteiger partial charge in [0.2, 0.25) is 5.91 Å². The lowest BCUT2D eigenvalue weighted by molar-refractivity contribution is -0.131. The van der Waals surface area contributed by atoms with Crippen LogP contribution in [0.15, 0.2) is 18.2 Å². The van der Waals surface area contributed by atoms with E-state index in [1.165, 1.54) is 0 Å². The molecule has 0 saturated carbocycles. The van der Waals surface area contributed by atoms with Gasteiger partial charge >= 0.3 is 0 Å². The van der Waals surface area contributed by atoms with Crippen LogP contribution in [0.3, 0.4) is 0 Å². The molecule has 22 heavy (non-hydrogen) atoms. The molecule has 1 aliphatic rings. The predicted molar refractivity (Wildman–Crippen MR) is 88.8 cm³/mol. The minimum atomic E-state index is 0. The number of nitrogens with zero attached hydrogens (tertiary/aromatic N) is 1. The van der Waals surface area contributed by atoms with Crippen LogP contribution >= 0.6 is 12.4 Å². The minimum Gasteiger partial charge on any atom is -0.493 e. The van der Waals surface area contributed by atoms with E-state index in [1.807, 2.05) is 23.1 Å². The van der Waals surface area contributed by atoms with Gasteiger partial charge in [-0.05, 0) is 43.5 Å². The number of nitrogens with two attached hydrogens (primary N) is 1. The Morgan fingerprint density at radius 3 is 2.55 bits per heavy atom. The van der Waals surface area contributed by atoms with Crippen molar-refractivity contribution in [1.82, 2.24) is 4.90 Å². The summed E-state index contributed by atoms with van der Waals surface area (Å²) in [6.45, 7) is 3.50. The third-order valence-electron chi connectivity index (χ3n) is 4.12. The summed E-state index contributed by atoms with van der Waals surface area (Å²) in [5, 5.41) is 0. The highest BCUT2D eigenvalue weighted by Crippen LogP contribution is 2.28. The Morgan fingerprint density at radius 1 is 1.32 bits per heavy atom. The summed E-state index contributed by atoms with van der Waals surface area (Å²) in [5.41, 5.74) is 6.64. The molecule has 5 nitrogen and oxygen atoms in total. The minimum absolute atomic E-state index is 0. The second-order valence-corrected chi connectivity index (χ2v) is 5.60. The smallest absolute Gasteiger partial charge is 0.227 e. The summed E-state index contributed by atoms with van der Waals surface area (Å²) in [4.78, 5) is 14.4. The molecule has 2 unspecified atom stereocenters. The SMILES string of the molecule is COc1ccc(CC(=O)N2CC(CN)CC2C)cc1OC.Cl. The molecule has 1 saturated heterocycles. The van der Waals surface area contributed by atoms with E-state index < -0.39 is 0 Å². The Kier molecular flexibility index (Phi) is 6.97. The summed E-state index contributed by atoms with van der Waals surface area (Å²) in [5.74, 6) is 1.89. The number of halogens is 1. The molecule has 2 N–H and O–H groups in total. The van der Waals surface area contributed by atoms with Crippen LogP contribution in [-0.4, -0.2) is 44.2 Å². The van der Waals surface area contributed by atoms with Gasteiger partial charge in [-0.3, -0.25) is 4.79 Å². The van der Waals surface area contributed by atoms with Crippen LogP contribution in [0.25, 0.3) is 0 Å². The highest BCUT2D eigenvalue weighted by Gasteiger charge is 2.31. The number of likely N-dealkylation sites (tertiary alicyclic amines) is 1. The van der Waals surface area contributed by atoms with Gasteiger partial charge in [-0.2, -0.15) is 0 Å². The molecule has 0 radical (unpaired) electrons. The maximum atomic E-state index is 12.5. The van der Waals surface area contributed by atoms with E-state index in [2.05, 4.69) is 6.92 Å². The molecule has 0 bridgehead atoms. The summed E-state index contributed by atoms with van der Waals surface area (Å²) >= 11 is 0. The van der Waals surface area contributed by atoms with Crippen molar-refractivity contribution in [1.29, 1.82) is 0 Å². The Hall–Kier alpha value is -1.46. The summed E-state index contributed by atoms with van der Waals surface area (Å²) in [6.07, 6.45) is 1.37. The van der Waals surface area contributed by atoms with E-state index in [0.717, 1.165) is 18.5 Å². The van der Waals surface area contributed by atoms with Crippen LogP contribution in [0.1, 0.15) is 18.9 Å². The van der Waals surface area contributed by atoms with E-state index in [9.17, 15) is 4.79 Å². The largest absolute Gasteiger partial charge is 0.493 e. The first-order valence-electron chi connectivity index (χ1n) is 7.29. The molecule has 1 aliphatic heterocycles. The average Bonchev–Trinajstić information content (AvgIpc) is 2.88. The molecule has 0 aliphatic carbocycles. The topological polar surface area (TPSA) is 64.8 Å². The zero-order valence-electron chi connectivity index (χ0n) is 13.4. The lowest BCUT2D eigenvalue weighted by atomic mass is 10.1. The molecule has 1 fully saturated rings. The Balaban J connectivity index is 0.00000242. The molecule has 2 atom stereocenters. The van der Waals surface area contributed by atoms with Crippen molar-refractivity contribution in [3.8, 4) is 11.5 Å². The second-order valence-electron chi connectivity index (χ2n) is 5.60.